The van der Waals surface area contributed by atoms with Gasteiger partial charge in [-0.25, -0.2) is 9.82 Å². The third-order valence-corrected chi connectivity index (χ3v) is 3.01. The molecule has 2 aromatic carbocycles. The fourth-order valence-corrected chi connectivity index (χ4v) is 1.92. The summed E-state index contributed by atoms with van der Waals surface area (Å²) in [5, 5.41) is 4.52. The molecule has 2 rings (SSSR count). The highest BCUT2D eigenvalue weighted by Gasteiger charge is 2.07. The molecule has 0 aliphatic carbocycles. The Morgan fingerprint density at radius 1 is 1.20 bits per heavy atom. The highest BCUT2D eigenvalue weighted by atomic mass is 35.5. The van der Waals surface area contributed by atoms with Crippen molar-refractivity contribution in [2.75, 3.05) is 0 Å². The maximum absolute atomic E-state index is 13.0. The Morgan fingerprint density at radius 3 is 2.65 bits per heavy atom. The van der Waals surface area contributed by atoms with Crippen molar-refractivity contribution < 1.29 is 9.18 Å². The first kappa shape index (κ1) is 14.2. The van der Waals surface area contributed by atoms with E-state index >= 15 is 0 Å². The van der Waals surface area contributed by atoms with Crippen LogP contribution in [0.5, 0.6) is 0 Å². The fourth-order valence-electron chi connectivity index (χ4n) is 1.64. The van der Waals surface area contributed by atoms with Gasteiger partial charge in [-0.2, -0.15) is 5.10 Å². The predicted octanol–water partition coefficient (Wildman–Crippen LogP) is 3.63. The number of amides is 1. The van der Waals surface area contributed by atoms with Crippen molar-refractivity contribution in [3.8, 4) is 0 Å². The van der Waals surface area contributed by atoms with Gasteiger partial charge in [0.1, 0.15) is 5.82 Å². The van der Waals surface area contributed by atoms with Crippen LogP contribution in [0.3, 0.4) is 0 Å². The van der Waals surface area contributed by atoms with Crippen LogP contribution in [0.4, 0.5) is 4.39 Å². The van der Waals surface area contributed by atoms with Crippen molar-refractivity contribution >= 4 is 23.2 Å². The van der Waals surface area contributed by atoms with Crippen molar-refractivity contribution in [1.82, 2.24) is 5.43 Å². The van der Waals surface area contributed by atoms with E-state index in [4.69, 9.17) is 11.6 Å². The molecule has 0 saturated heterocycles. The molecule has 1 N–H and O–H groups in total. The van der Waals surface area contributed by atoms with Crippen molar-refractivity contribution in [2.45, 2.75) is 6.92 Å². The first-order valence-electron chi connectivity index (χ1n) is 5.93. The summed E-state index contributed by atoms with van der Waals surface area (Å²) >= 11 is 6.03. The van der Waals surface area contributed by atoms with Gasteiger partial charge in [-0.15, -0.1) is 0 Å². The van der Waals surface area contributed by atoms with Gasteiger partial charge >= 0.3 is 0 Å². The number of hydrazone groups is 1. The summed E-state index contributed by atoms with van der Waals surface area (Å²) in [6, 6.07) is 12.6. The van der Waals surface area contributed by atoms with Gasteiger partial charge in [-0.1, -0.05) is 35.9 Å². The topological polar surface area (TPSA) is 41.5 Å². The molecule has 0 unspecified atom stereocenters. The molecule has 0 radical (unpaired) electrons. The number of hydrogen-bond donors (Lipinski definition) is 1. The van der Waals surface area contributed by atoms with Crippen molar-refractivity contribution in [3.63, 3.8) is 0 Å². The number of benzene rings is 2. The molecule has 3 nitrogen and oxygen atoms in total. The lowest BCUT2D eigenvalue weighted by Gasteiger charge is -2.04. The lowest BCUT2D eigenvalue weighted by molar-refractivity contribution is 0.0954. The average molecular weight is 291 g/mol. The van der Waals surface area contributed by atoms with Gasteiger partial charge in [0, 0.05) is 16.1 Å². The summed E-state index contributed by atoms with van der Waals surface area (Å²) in [5.41, 5.74) is 3.88. The first-order chi connectivity index (χ1) is 9.58. The Kier molecular flexibility index (Phi) is 4.48. The maximum Gasteiger partial charge on any atom is 0.271 e. The maximum atomic E-state index is 13.0. The van der Waals surface area contributed by atoms with Crippen LogP contribution >= 0.6 is 11.6 Å². The molecule has 5 heteroatoms. The van der Waals surface area contributed by atoms with Crippen LogP contribution in [0.15, 0.2) is 53.6 Å². The Balaban J connectivity index is 2.13. The molecule has 0 fully saturated rings. The van der Waals surface area contributed by atoms with Crippen molar-refractivity contribution in [2.24, 2.45) is 5.10 Å². The quantitative estimate of drug-likeness (QED) is 0.680. The number of halogens is 2. The lowest BCUT2D eigenvalue weighted by Crippen LogP contribution is -2.19. The second-order valence-corrected chi connectivity index (χ2v) is 4.54. The summed E-state index contributed by atoms with van der Waals surface area (Å²) < 4.78 is 13.0. The molecule has 2 aromatic rings. The van der Waals surface area contributed by atoms with E-state index in [9.17, 15) is 9.18 Å². The van der Waals surface area contributed by atoms with Gasteiger partial charge in [0.25, 0.3) is 5.91 Å². The Labute approximate surface area is 121 Å². The van der Waals surface area contributed by atoms with Gasteiger partial charge in [0.15, 0.2) is 0 Å². The van der Waals surface area contributed by atoms with Gasteiger partial charge < -0.3 is 0 Å². The standard InChI is InChI=1S/C15H12ClFN2O/c1-10(13-7-2-3-8-14(13)16)18-19-15(20)11-5-4-6-12(17)9-11/h2-9H,1H3,(H,19,20). The number of hydrogen-bond acceptors (Lipinski definition) is 2. The van der Waals surface area contributed by atoms with Crippen LogP contribution in [0.2, 0.25) is 5.02 Å². The zero-order chi connectivity index (χ0) is 14.5. The number of nitrogens with zero attached hydrogens (tertiary/aromatic N) is 1. The van der Waals surface area contributed by atoms with E-state index in [1.807, 2.05) is 12.1 Å². The van der Waals surface area contributed by atoms with Gasteiger partial charge in [0.2, 0.25) is 0 Å². The minimum atomic E-state index is -0.476. The monoisotopic (exact) mass is 290 g/mol. The van der Waals surface area contributed by atoms with Crippen LogP contribution in [0.1, 0.15) is 22.8 Å². The molecular weight excluding hydrogens is 279 g/mol. The second kappa shape index (κ2) is 6.30. The highest BCUT2D eigenvalue weighted by Crippen LogP contribution is 2.15. The fraction of sp³-hybridized carbons (Fsp3) is 0.0667. The molecule has 1 amide bonds. The van der Waals surface area contributed by atoms with Crippen LogP contribution in [0.25, 0.3) is 0 Å². The molecule has 0 heterocycles. The zero-order valence-corrected chi connectivity index (χ0v) is 11.5. The molecule has 0 bridgehead atoms. The minimum Gasteiger partial charge on any atom is -0.267 e. The smallest absolute Gasteiger partial charge is 0.267 e. The van der Waals surface area contributed by atoms with E-state index < -0.39 is 11.7 Å². The van der Waals surface area contributed by atoms with E-state index in [1.54, 1.807) is 19.1 Å². The number of rotatable bonds is 3. The Morgan fingerprint density at radius 2 is 1.95 bits per heavy atom. The molecule has 0 spiro atoms. The molecule has 102 valence electrons. The third-order valence-electron chi connectivity index (χ3n) is 2.68. The van der Waals surface area contributed by atoms with E-state index in [2.05, 4.69) is 10.5 Å². The summed E-state index contributed by atoms with van der Waals surface area (Å²) in [5.74, 6) is -0.944. The third kappa shape index (κ3) is 3.42. The minimum absolute atomic E-state index is 0.209. The molecule has 0 aromatic heterocycles. The summed E-state index contributed by atoms with van der Waals surface area (Å²) in [6.45, 7) is 1.73. The van der Waals surface area contributed by atoms with Gasteiger partial charge in [-0.05, 0) is 31.2 Å². The molecule has 0 aliphatic heterocycles. The van der Waals surface area contributed by atoms with E-state index in [-0.39, 0.29) is 5.56 Å². The zero-order valence-electron chi connectivity index (χ0n) is 10.7. The summed E-state index contributed by atoms with van der Waals surface area (Å²) in [4.78, 5) is 11.8. The van der Waals surface area contributed by atoms with Crippen LogP contribution < -0.4 is 5.43 Å². The highest BCUT2D eigenvalue weighted by molar-refractivity contribution is 6.34. The second-order valence-electron chi connectivity index (χ2n) is 4.13. The molecular formula is C15H12ClFN2O. The molecule has 20 heavy (non-hydrogen) atoms. The number of nitrogens with one attached hydrogen (secondary N) is 1. The lowest BCUT2D eigenvalue weighted by atomic mass is 10.1. The van der Waals surface area contributed by atoms with Gasteiger partial charge in [0.05, 0.1) is 5.71 Å². The van der Waals surface area contributed by atoms with Crippen molar-refractivity contribution in [3.05, 3.63) is 70.5 Å². The number of carbonyl (C=O) groups is 1. The van der Waals surface area contributed by atoms with E-state index in [0.29, 0.717) is 10.7 Å². The average Bonchev–Trinajstić information content (AvgIpc) is 2.45. The Hall–Kier alpha value is -2.20. The normalized spacial score (nSPS) is 11.2. The number of carbonyl (C=O) groups excluding carboxylic acids is 1. The summed E-state index contributed by atoms with van der Waals surface area (Å²) in [6.07, 6.45) is 0. The first-order valence-corrected chi connectivity index (χ1v) is 6.31. The van der Waals surface area contributed by atoms with Crippen LogP contribution in [-0.2, 0) is 0 Å². The largest absolute Gasteiger partial charge is 0.271 e. The van der Waals surface area contributed by atoms with Crippen LogP contribution in [0, 0.1) is 5.82 Å². The van der Waals surface area contributed by atoms with E-state index in [0.717, 1.165) is 11.6 Å². The molecule has 0 atom stereocenters. The molecule has 0 aliphatic rings. The predicted molar refractivity (Wildman–Crippen MR) is 77.5 cm³/mol. The van der Waals surface area contributed by atoms with Crippen LogP contribution in [-0.4, -0.2) is 11.6 Å². The van der Waals surface area contributed by atoms with Gasteiger partial charge in [-0.3, -0.25) is 4.79 Å². The Bertz CT molecular complexity index is 670. The SMILES string of the molecule is CC(=NNC(=O)c1cccc(F)c1)c1ccccc1Cl. The summed E-state index contributed by atoms with van der Waals surface area (Å²) in [7, 11) is 0. The molecule has 0 saturated carbocycles. The van der Waals surface area contributed by atoms with E-state index in [1.165, 1.54) is 18.2 Å². The van der Waals surface area contributed by atoms with Crippen molar-refractivity contribution in [1.29, 1.82) is 0 Å².